The van der Waals surface area contributed by atoms with E-state index >= 15 is 0 Å². The Morgan fingerprint density at radius 1 is 1.28 bits per heavy atom. The molecule has 0 N–H and O–H groups in total. The first-order chi connectivity index (χ1) is 12.2. The molecule has 3 heterocycles. The Bertz CT molecular complexity index is 755. The van der Waals surface area contributed by atoms with Gasteiger partial charge in [0, 0.05) is 38.3 Å². The van der Waals surface area contributed by atoms with E-state index in [1.54, 1.807) is 6.20 Å². The van der Waals surface area contributed by atoms with E-state index < -0.39 is 0 Å². The molecular formula is C18H23N5O2. The molecule has 1 aliphatic carbocycles. The highest BCUT2D eigenvalue weighted by Crippen LogP contribution is 2.38. The standard InChI is InChI=1S/C18H23N5O2/c1-13-4-2-7-19-16(13)18(24)23-9-3-8-22(10-11-23)12-15-20-17(21-25-15)14-5-6-14/h2,4,7,14H,3,5-6,8-12H2,1H3. The molecule has 0 radical (unpaired) electrons. The molecule has 2 aromatic heterocycles. The summed E-state index contributed by atoms with van der Waals surface area (Å²) in [6.07, 6.45) is 4.96. The number of hydrogen-bond donors (Lipinski definition) is 0. The van der Waals surface area contributed by atoms with Crippen molar-refractivity contribution in [1.29, 1.82) is 0 Å². The number of aromatic nitrogens is 3. The van der Waals surface area contributed by atoms with Crippen molar-refractivity contribution in [2.45, 2.75) is 38.6 Å². The molecule has 25 heavy (non-hydrogen) atoms. The highest BCUT2D eigenvalue weighted by atomic mass is 16.5. The molecule has 7 nitrogen and oxygen atoms in total. The maximum absolute atomic E-state index is 12.7. The zero-order valence-corrected chi connectivity index (χ0v) is 14.5. The molecule has 0 unspecified atom stereocenters. The van der Waals surface area contributed by atoms with Crippen LogP contribution in [0.4, 0.5) is 0 Å². The minimum atomic E-state index is 0.0220. The summed E-state index contributed by atoms with van der Waals surface area (Å²) < 4.78 is 5.38. The Morgan fingerprint density at radius 3 is 2.96 bits per heavy atom. The van der Waals surface area contributed by atoms with Crippen molar-refractivity contribution in [1.82, 2.24) is 24.9 Å². The fourth-order valence-corrected chi connectivity index (χ4v) is 3.22. The van der Waals surface area contributed by atoms with Crippen molar-refractivity contribution >= 4 is 5.91 Å². The average Bonchev–Trinajstić information content (AvgIpc) is 3.40. The molecule has 0 atom stereocenters. The summed E-state index contributed by atoms with van der Waals surface area (Å²) in [4.78, 5) is 25.7. The van der Waals surface area contributed by atoms with Crippen LogP contribution in [0.5, 0.6) is 0 Å². The second-order valence-corrected chi connectivity index (χ2v) is 6.91. The molecule has 1 saturated carbocycles. The van der Waals surface area contributed by atoms with Crippen LogP contribution in [0.3, 0.4) is 0 Å². The molecule has 0 spiro atoms. The van der Waals surface area contributed by atoms with Crippen LogP contribution in [0.2, 0.25) is 0 Å². The molecule has 0 bridgehead atoms. The maximum atomic E-state index is 12.7. The molecule has 7 heteroatoms. The molecule has 132 valence electrons. The molecule has 2 aliphatic rings. The van der Waals surface area contributed by atoms with Gasteiger partial charge in [-0.15, -0.1) is 0 Å². The topological polar surface area (TPSA) is 75.4 Å². The zero-order chi connectivity index (χ0) is 17.2. The Balaban J connectivity index is 1.36. The number of amides is 1. The quantitative estimate of drug-likeness (QED) is 0.847. The van der Waals surface area contributed by atoms with Crippen LogP contribution in [0.15, 0.2) is 22.9 Å². The highest BCUT2D eigenvalue weighted by Gasteiger charge is 2.29. The summed E-state index contributed by atoms with van der Waals surface area (Å²) >= 11 is 0. The maximum Gasteiger partial charge on any atom is 0.272 e. The number of aryl methyl sites for hydroxylation is 1. The molecule has 0 aromatic carbocycles. The minimum absolute atomic E-state index is 0.0220. The summed E-state index contributed by atoms with van der Waals surface area (Å²) in [5.41, 5.74) is 1.48. The summed E-state index contributed by atoms with van der Waals surface area (Å²) in [5.74, 6) is 2.07. The van der Waals surface area contributed by atoms with Crippen LogP contribution in [-0.2, 0) is 6.54 Å². The Kier molecular flexibility index (Phi) is 4.48. The lowest BCUT2D eigenvalue weighted by molar-refractivity contribution is 0.0754. The van der Waals surface area contributed by atoms with Gasteiger partial charge in [0.25, 0.3) is 5.91 Å². The third kappa shape index (κ3) is 3.71. The molecule has 4 rings (SSSR count). The van der Waals surface area contributed by atoms with Gasteiger partial charge in [0.2, 0.25) is 5.89 Å². The van der Waals surface area contributed by atoms with Crippen molar-refractivity contribution < 1.29 is 9.32 Å². The minimum Gasteiger partial charge on any atom is -0.338 e. The van der Waals surface area contributed by atoms with Crippen molar-refractivity contribution in [3.8, 4) is 0 Å². The van der Waals surface area contributed by atoms with Gasteiger partial charge in [0.05, 0.1) is 6.54 Å². The Hall–Kier alpha value is -2.28. The van der Waals surface area contributed by atoms with Gasteiger partial charge in [-0.05, 0) is 37.8 Å². The fraction of sp³-hybridized carbons (Fsp3) is 0.556. The van der Waals surface area contributed by atoms with Crippen LogP contribution >= 0.6 is 0 Å². The zero-order valence-electron chi connectivity index (χ0n) is 14.5. The van der Waals surface area contributed by atoms with Gasteiger partial charge < -0.3 is 9.42 Å². The van der Waals surface area contributed by atoms with Crippen LogP contribution in [0, 0.1) is 6.92 Å². The first kappa shape index (κ1) is 16.2. The van der Waals surface area contributed by atoms with Gasteiger partial charge in [-0.3, -0.25) is 14.7 Å². The van der Waals surface area contributed by atoms with Gasteiger partial charge in [-0.1, -0.05) is 11.2 Å². The molecule has 2 fully saturated rings. The molecule has 1 saturated heterocycles. The Morgan fingerprint density at radius 2 is 2.16 bits per heavy atom. The number of rotatable bonds is 4. The summed E-state index contributed by atoms with van der Waals surface area (Å²) in [6.45, 7) is 5.76. The van der Waals surface area contributed by atoms with Gasteiger partial charge in [0.1, 0.15) is 5.69 Å². The lowest BCUT2D eigenvalue weighted by Gasteiger charge is -2.21. The fourth-order valence-electron chi connectivity index (χ4n) is 3.22. The normalized spacial score (nSPS) is 19.0. The van der Waals surface area contributed by atoms with E-state index in [0.29, 0.717) is 30.6 Å². The largest absolute Gasteiger partial charge is 0.338 e. The van der Waals surface area contributed by atoms with Crippen molar-refractivity contribution in [3.63, 3.8) is 0 Å². The van der Waals surface area contributed by atoms with Gasteiger partial charge in [-0.25, -0.2) is 0 Å². The van der Waals surface area contributed by atoms with Crippen LogP contribution in [-0.4, -0.2) is 57.0 Å². The number of hydrogen-bond acceptors (Lipinski definition) is 6. The average molecular weight is 341 g/mol. The van der Waals surface area contributed by atoms with Crippen LogP contribution in [0.1, 0.15) is 52.9 Å². The van der Waals surface area contributed by atoms with Gasteiger partial charge in [0.15, 0.2) is 5.82 Å². The number of carbonyl (C=O) groups excluding carboxylic acids is 1. The lowest BCUT2D eigenvalue weighted by Crippen LogP contribution is -2.35. The molecular weight excluding hydrogens is 318 g/mol. The van der Waals surface area contributed by atoms with Crippen molar-refractivity contribution in [3.05, 3.63) is 41.3 Å². The highest BCUT2D eigenvalue weighted by molar-refractivity contribution is 5.93. The second kappa shape index (κ2) is 6.92. The van der Waals surface area contributed by atoms with E-state index in [2.05, 4.69) is 20.0 Å². The van der Waals surface area contributed by atoms with E-state index in [-0.39, 0.29) is 5.91 Å². The van der Waals surface area contributed by atoms with Gasteiger partial charge >= 0.3 is 0 Å². The molecule has 1 amide bonds. The first-order valence-electron chi connectivity index (χ1n) is 8.96. The van der Waals surface area contributed by atoms with Crippen LogP contribution < -0.4 is 0 Å². The second-order valence-electron chi connectivity index (χ2n) is 6.91. The van der Waals surface area contributed by atoms with E-state index in [4.69, 9.17) is 4.52 Å². The summed E-state index contributed by atoms with van der Waals surface area (Å²) in [6, 6.07) is 3.79. The smallest absolute Gasteiger partial charge is 0.272 e. The van der Waals surface area contributed by atoms with Crippen molar-refractivity contribution in [2.75, 3.05) is 26.2 Å². The van der Waals surface area contributed by atoms with E-state index in [1.807, 2.05) is 24.0 Å². The predicted molar refractivity (Wildman–Crippen MR) is 91.0 cm³/mol. The SMILES string of the molecule is Cc1cccnc1C(=O)N1CCCN(Cc2nc(C3CC3)no2)CC1. The number of carbonyl (C=O) groups is 1. The molecule has 2 aromatic rings. The third-order valence-electron chi connectivity index (χ3n) is 4.87. The van der Waals surface area contributed by atoms with E-state index in [9.17, 15) is 4.79 Å². The van der Waals surface area contributed by atoms with E-state index in [1.165, 1.54) is 12.8 Å². The Labute approximate surface area is 147 Å². The predicted octanol–water partition coefficient (Wildman–Crippen LogP) is 2.00. The number of pyridine rings is 1. The third-order valence-corrected chi connectivity index (χ3v) is 4.87. The monoisotopic (exact) mass is 341 g/mol. The van der Waals surface area contributed by atoms with Gasteiger partial charge in [-0.2, -0.15) is 4.98 Å². The summed E-state index contributed by atoms with van der Waals surface area (Å²) in [7, 11) is 0. The number of nitrogens with zero attached hydrogens (tertiary/aromatic N) is 5. The molecule has 1 aliphatic heterocycles. The lowest BCUT2D eigenvalue weighted by atomic mass is 10.2. The van der Waals surface area contributed by atoms with E-state index in [0.717, 1.165) is 37.4 Å². The summed E-state index contributed by atoms with van der Waals surface area (Å²) in [5, 5.41) is 4.07. The van der Waals surface area contributed by atoms with Crippen LogP contribution in [0.25, 0.3) is 0 Å². The van der Waals surface area contributed by atoms with Crippen molar-refractivity contribution in [2.24, 2.45) is 0 Å². The first-order valence-corrected chi connectivity index (χ1v) is 8.96.